The number of nitrogens with zero attached hydrogens (tertiary/aromatic N) is 4. The molecule has 1 aromatic carbocycles. The van der Waals surface area contributed by atoms with E-state index in [1.54, 1.807) is 6.20 Å². The Morgan fingerprint density at radius 2 is 2.04 bits per heavy atom. The lowest BCUT2D eigenvalue weighted by Gasteiger charge is -2.28. The molecule has 0 unspecified atom stereocenters. The van der Waals surface area contributed by atoms with Gasteiger partial charge in [0.15, 0.2) is 0 Å². The van der Waals surface area contributed by atoms with E-state index in [1.807, 2.05) is 12.1 Å². The van der Waals surface area contributed by atoms with Gasteiger partial charge >= 0.3 is 0 Å². The fraction of sp³-hybridized carbons (Fsp3) is 0.316. The van der Waals surface area contributed by atoms with Gasteiger partial charge in [-0.1, -0.05) is 23.2 Å². The zero-order valence-electron chi connectivity index (χ0n) is 15.1. The SMILES string of the molecule is Cc1ccc2nc(Cl)c(CN3CCc4nc(S(C)(=O)=O)ncc4C3)cc2c1. The van der Waals surface area contributed by atoms with E-state index >= 15 is 0 Å². The molecule has 0 bridgehead atoms. The molecule has 0 saturated carbocycles. The summed E-state index contributed by atoms with van der Waals surface area (Å²) >= 11 is 6.40. The second-order valence-electron chi connectivity index (χ2n) is 6.99. The molecule has 0 atom stereocenters. The van der Waals surface area contributed by atoms with Crippen molar-refractivity contribution < 1.29 is 8.42 Å². The quantitative estimate of drug-likeness (QED) is 0.495. The Morgan fingerprint density at radius 3 is 2.81 bits per heavy atom. The zero-order chi connectivity index (χ0) is 19.2. The van der Waals surface area contributed by atoms with Crippen molar-refractivity contribution in [2.45, 2.75) is 31.6 Å². The molecule has 4 rings (SSSR count). The van der Waals surface area contributed by atoms with Crippen LogP contribution >= 0.6 is 11.6 Å². The number of halogens is 1. The lowest BCUT2D eigenvalue weighted by Crippen LogP contribution is -2.31. The standard InChI is InChI=1S/C19H19ClN4O2S/c1-12-3-4-16-13(7-12)8-14(18(20)22-16)10-24-6-5-17-15(11-24)9-21-19(23-17)27(2,25)26/h3-4,7-9H,5-6,10-11H2,1-2H3. The number of aromatic nitrogens is 3. The maximum atomic E-state index is 11.6. The van der Waals surface area contributed by atoms with E-state index in [2.05, 4.69) is 38.9 Å². The number of sulfone groups is 1. The molecule has 0 N–H and O–H groups in total. The number of fused-ring (bicyclic) bond motifs is 2. The van der Waals surface area contributed by atoms with Gasteiger partial charge in [-0.2, -0.15) is 0 Å². The molecule has 8 heteroatoms. The van der Waals surface area contributed by atoms with E-state index in [4.69, 9.17) is 11.6 Å². The van der Waals surface area contributed by atoms with Crippen LogP contribution in [0.1, 0.15) is 22.4 Å². The van der Waals surface area contributed by atoms with Gasteiger partial charge in [-0.15, -0.1) is 0 Å². The highest BCUT2D eigenvalue weighted by Crippen LogP contribution is 2.25. The average molecular weight is 403 g/mol. The summed E-state index contributed by atoms with van der Waals surface area (Å²) in [6.45, 7) is 4.15. The third-order valence-corrected chi connectivity index (χ3v) is 5.90. The first-order valence-corrected chi connectivity index (χ1v) is 10.9. The first-order chi connectivity index (χ1) is 12.8. The van der Waals surface area contributed by atoms with Gasteiger partial charge < -0.3 is 0 Å². The van der Waals surface area contributed by atoms with Gasteiger partial charge in [0.1, 0.15) is 5.15 Å². The third-order valence-electron chi connectivity index (χ3n) is 4.71. The van der Waals surface area contributed by atoms with Gasteiger partial charge in [0, 0.05) is 55.0 Å². The minimum absolute atomic E-state index is 0.105. The van der Waals surface area contributed by atoms with Crippen molar-refractivity contribution >= 4 is 32.3 Å². The molecule has 2 aromatic heterocycles. The summed E-state index contributed by atoms with van der Waals surface area (Å²) in [6, 6.07) is 8.20. The van der Waals surface area contributed by atoms with Gasteiger partial charge in [0.2, 0.25) is 15.0 Å². The fourth-order valence-electron chi connectivity index (χ4n) is 3.34. The molecule has 3 aromatic rings. The van der Waals surface area contributed by atoms with Crippen LogP contribution in [0.25, 0.3) is 10.9 Å². The van der Waals surface area contributed by atoms with Crippen LogP contribution in [-0.4, -0.2) is 41.1 Å². The molecule has 140 valence electrons. The highest BCUT2D eigenvalue weighted by atomic mass is 35.5. The van der Waals surface area contributed by atoms with Crippen LogP contribution in [0.4, 0.5) is 0 Å². The molecule has 0 fully saturated rings. The van der Waals surface area contributed by atoms with Crippen molar-refractivity contribution in [2.75, 3.05) is 12.8 Å². The molecule has 1 aliphatic heterocycles. The fourth-order valence-corrected chi connectivity index (χ4v) is 4.06. The molecule has 1 aliphatic rings. The predicted molar refractivity (Wildman–Crippen MR) is 104 cm³/mol. The van der Waals surface area contributed by atoms with Gasteiger partial charge in [0.05, 0.1) is 11.2 Å². The molecule has 6 nitrogen and oxygen atoms in total. The maximum absolute atomic E-state index is 11.6. The summed E-state index contributed by atoms with van der Waals surface area (Å²) in [5, 5.41) is 1.49. The number of hydrogen-bond acceptors (Lipinski definition) is 6. The van der Waals surface area contributed by atoms with Crippen LogP contribution in [0, 0.1) is 6.92 Å². The summed E-state index contributed by atoms with van der Waals surface area (Å²) in [5.74, 6) is 0. The topological polar surface area (TPSA) is 76.1 Å². The molecular formula is C19H19ClN4O2S. The predicted octanol–water partition coefficient (Wildman–Crippen LogP) is 2.95. The Morgan fingerprint density at radius 1 is 1.22 bits per heavy atom. The number of rotatable bonds is 3. The summed E-state index contributed by atoms with van der Waals surface area (Å²) in [5.41, 5.74) is 4.81. The molecule has 0 radical (unpaired) electrons. The molecule has 0 amide bonds. The Kier molecular flexibility index (Phi) is 4.61. The third kappa shape index (κ3) is 3.81. The second-order valence-corrected chi connectivity index (χ2v) is 9.26. The molecule has 3 heterocycles. The van der Waals surface area contributed by atoms with Gasteiger partial charge in [-0.05, 0) is 25.1 Å². The van der Waals surface area contributed by atoms with Crippen molar-refractivity contribution in [3.8, 4) is 0 Å². The smallest absolute Gasteiger partial charge is 0.246 e. The van der Waals surface area contributed by atoms with Crippen molar-refractivity contribution in [3.05, 3.63) is 58.0 Å². The summed E-state index contributed by atoms with van der Waals surface area (Å²) < 4.78 is 23.3. The van der Waals surface area contributed by atoms with Crippen LogP contribution in [0.15, 0.2) is 35.6 Å². The summed E-state index contributed by atoms with van der Waals surface area (Å²) in [6.07, 6.45) is 3.42. The lowest BCUT2D eigenvalue weighted by atomic mass is 10.1. The van der Waals surface area contributed by atoms with E-state index in [0.29, 0.717) is 24.7 Å². The molecule has 0 aliphatic carbocycles. The van der Waals surface area contributed by atoms with E-state index in [0.717, 1.165) is 40.5 Å². The van der Waals surface area contributed by atoms with E-state index in [-0.39, 0.29) is 5.16 Å². The number of hydrogen-bond donors (Lipinski definition) is 0. The van der Waals surface area contributed by atoms with Crippen LogP contribution < -0.4 is 0 Å². The molecule has 27 heavy (non-hydrogen) atoms. The largest absolute Gasteiger partial charge is 0.294 e. The minimum Gasteiger partial charge on any atom is -0.294 e. The first-order valence-electron chi connectivity index (χ1n) is 8.62. The van der Waals surface area contributed by atoms with Gasteiger partial charge in [-0.25, -0.2) is 23.4 Å². The number of benzene rings is 1. The normalized spacial score (nSPS) is 15.1. The minimum atomic E-state index is -3.39. The summed E-state index contributed by atoms with van der Waals surface area (Å²) in [4.78, 5) is 15.0. The Balaban J connectivity index is 1.58. The monoisotopic (exact) mass is 402 g/mol. The zero-order valence-corrected chi connectivity index (χ0v) is 16.7. The van der Waals surface area contributed by atoms with Crippen molar-refractivity contribution in [1.82, 2.24) is 19.9 Å². The second kappa shape index (κ2) is 6.82. The van der Waals surface area contributed by atoms with E-state index < -0.39 is 9.84 Å². The number of pyridine rings is 1. The van der Waals surface area contributed by atoms with Crippen LogP contribution in [0.3, 0.4) is 0 Å². The average Bonchev–Trinajstić information content (AvgIpc) is 2.61. The molecule has 0 spiro atoms. The van der Waals surface area contributed by atoms with Gasteiger partial charge in [0.25, 0.3) is 0 Å². The Labute approximate surface area is 163 Å². The molecular weight excluding hydrogens is 384 g/mol. The van der Waals surface area contributed by atoms with Crippen molar-refractivity contribution in [2.24, 2.45) is 0 Å². The summed E-state index contributed by atoms with van der Waals surface area (Å²) in [7, 11) is -3.39. The Bertz CT molecular complexity index is 1150. The first kappa shape index (κ1) is 18.3. The number of aryl methyl sites for hydroxylation is 1. The van der Waals surface area contributed by atoms with Crippen molar-refractivity contribution in [1.29, 1.82) is 0 Å². The van der Waals surface area contributed by atoms with Gasteiger partial charge in [-0.3, -0.25) is 4.90 Å². The highest BCUT2D eigenvalue weighted by Gasteiger charge is 2.22. The Hall–Kier alpha value is -2.09. The highest BCUT2D eigenvalue weighted by molar-refractivity contribution is 7.90. The van der Waals surface area contributed by atoms with Crippen LogP contribution in [-0.2, 0) is 29.3 Å². The van der Waals surface area contributed by atoms with E-state index in [9.17, 15) is 8.42 Å². The van der Waals surface area contributed by atoms with E-state index in [1.165, 1.54) is 5.56 Å². The van der Waals surface area contributed by atoms with Crippen molar-refractivity contribution in [3.63, 3.8) is 0 Å². The lowest BCUT2D eigenvalue weighted by molar-refractivity contribution is 0.242. The van der Waals surface area contributed by atoms with Crippen LogP contribution in [0.2, 0.25) is 5.15 Å². The maximum Gasteiger partial charge on any atom is 0.246 e. The van der Waals surface area contributed by atoms with Crippen LogP contribution in [0.5, 0.6) is 0 Å². The molecule has 0 saturated heterocycles.